The average molecular weight is 419 g/mol. The predicted octanol–water partition coefficient (Wildman–Crippen LogP) is 3.27. The average Bonchev–Trinajstić information content (AvgIpc) is 2.70. The van der Waals surface area contributed by atoms with Crippen molar-refractivity contribution >= 4 is 35.0 Å². The molecule has 1 aliphatic heterocycles. The van der Waals surface area contributed by atoms with E-state index in [-0.39, 0.29) is 5.91 Å². The van der Waals surface area contributed by atoms with Crippen LogP contribution in [0.5, 0.6) is 0 Å². The lowest BCUT2D eigenvalue weighted by atomic mass is 10.3. The first-order chi connectivity index (χ1) is 13.6. The number of carbonyl (C=O) groups is 1. The Kier molecular flexibility index (Phi) is 8.18. The number of hydrogen-bond donors (Lipinski definition) is 2. The molecule has 2 N–H and O–H groups in total. The number of carbonyl (C=O) groups excluding carboxylic acids is 1. The number of nitrogens with one attached hydrogen (secondary N) is 2. The van der Waals surface area contributed by atoms with Gasteiger partial charge in [-0.2, -0.15) is 0 Å². The maximum atomic E-state index is 12.5. The molecule has 0 radical (unpaired) electrons. The smallest absolute Gasteiger partial charge is 0.238 e. The van der Waals surface area contributed by atoms with E-state index in [1.165, 1.54) is 0 Å². The van der Waals surface area contributed by atoms with Crippen molar-refractivity contribution in [1.82, 2.24) is 15.1 Å². The second-order valence-electron chi connectivity index (χ2n) is 6.93. The summed E-state index contributed by atoms with van der Waals surface area (Å²) in [6.07, 6.45) is 0. The van der Waals surface area contributed by atoms with Crippen molar-refractivity contribution in [2.24, 2.45) is 0 Å². The van der Waals surface area contributed by atoms with E-state index in [0.717, 1.165) is 59.8 Å². The Bertz CT molecular complexity index is 765. The summed E-state index contributed by atoms with van der Waals surface area (Å²) >= 11 is 7.57. The second kappa shape index (κ2) is 10.8. The number of halogens is 1. The van der Waals surface area contributed by atoms with E-state index in [1.807, 2.05) is 55.6 Å². The molecule has 2 aromatic rings. The maximum Gasteiger partial charge on any atom is 0.238 e. The molecule has 0 atom stereocenters. The second-order valence-corrected chi connectivity index (χ2v) is 8.48. The monoisotopic (exact) mass is 418 g/mol. The molecule has 0 aromatic heterocycles. The standard InChI is InChI=1S/C21H27ClN4OS/c1-25(14-15-26-12-10-23-11-13-26)16-21(27)24-19-4-2-3-5-20(19)28-18-8-6-17(22)7-9-18/h2-9,23H,10-16H2,1H3,(H,24,27). The molecule has 2 aromatic carbocycles. The van der Waals surface area contributed by atoms with Crippen LogP contribution in [0.4, 0.5) is 5.69 Å². The minimum atomic E-state index is 0.00645. The van der Waals surface area contributed by atoms with Crippen molar-refractivity contribution in [3.05, 3.63) is 53.6 Å². The van der Waals surface area contributed by atoms with Crippen LogP contribution in [0.2, 0.25) is 5.02 Å². The highest BCUT2D eigenvalue weighted by Gasteiger charge is 2.13. The molecule has 5 nitrogen and oxygen atoms in total. The van der Waals surface area contributed by atoms with Gasteiger partial charge in [-0.05, 0) is 43.4 Å². The molecule has 1 amide bonds. The van der Waals surface area contributed by atoms with E-state index in [2.05, 4.69) is 20.4 Å². The molecule has 0 unspecified atom stereocenters. The lowest BCUT2D eigenvalue weighted by Gasteiger charge is -2.28. The molecule has 28 heavy (non-hydrogen) atoms. The van der Waals surface area contributed by atoms with E-state index in [9.17, 15) is 4.79 Å². The van der Waals surface area contributed by atoms with E-state index in [1.54, 1.807) is 11.8 Å². The SMILES string of the molecule is CN(CCN1CCNCC1)CC(=O)Nc1ccccc1Sc1ccc(Cl)cc1. The highest BCUT2D eigenvalue weighted by molar-refractivity contribution is 7.99. The molecular weight excluding hydrogens is 392 g/mol. The summed E-state index contributed by atoms with van der Waals surface area (Å²) in [5.41, 5.74) is 0.836. The molecule has 1 aliphatic rings. The Labute approximate surface area is 176 Å². The fourth-order valence-corrected chi connectivity index (χ4v) is 4.08. The quantitative estimate of drug-likeness (QED) is 0.689. The van der Waals surface area contributed by atoms with Crippen LogP contribution in [0, 0.1) is 0 Å². The Balaban J connectivity index is 1.51. The van der Waals surface area contributed by atoms with Gasteiger partial charge in [-0.15, -0.1) is 0 Å². The number of anilines is 1. The first kappa shape index (κ1) is 21.1. The first-order valence-corrected chi connectivity index (χ1v) is 10.7. The molecule has 0 bridgehead atoms. The molecule has 3 rings (SSSR count). The lowest BCUT2D eigenvalue weighted by Crippen LogP contribution is -2.46. The summed E-state index contributed by atoms with van der Waals surface area (Å²) in [4.78, 5) is 19.1. The van der Waals surface area contributed by atoms with Gasteiger partial charge in [0, 0.05) is 54.1 Å². The van der Waals surface area contributed by atoms with Crippen LogP contribution in [0.15, 0.2) is 58.3 Å². The Hall–Kier alpha value is -1.57. The molecule has 0 saturated carbocycles. The Morgan fingerprint density at radius 3 is 2.64 bits per heavy atom. The number of para-hydroxylation sites is 1. The van der Waals surface area contributed by atoms with Crippen LogP contribution < -0.4 is 10.6 Å². The van der Waals surface area contributed by atoms with Crippen molar-refractivity contribution in [2.75, 3.05) is 58.2 Å². The third-order valence-electron chi connectivity index (χ3n) is 4.62. The van der Waals surface area contributed by atoms with Crippen LogP contribution >= 0.6 is 23.4 Å². The van der Waals surface area contributed by atoms with Gasteiger partial charge in [0.05, 0.1) is 12.2 Å². The maximum absolute atomic E-state index is 12.5. The number of piperazine rings is 1. The summed E-state index contributed by atoms with van der Waals surface area (Å²) in [5, 5.41) is 7.14. The minimum absolute atomic E-state index is 0.00645. The highest BCUT2D eigenvalue weighted by Crippen LogP contribution is 2.33. The number of rotatable bonds is 8. The van der Waals surface area contributed by atoms with Gasteiger partial charge < -0.3 is 10.6 Å². The normalized spacial score (nSPS) is 15.0. The van der Waals surface area contributed by atoms with Gasteiger partial charge in [-0.1, -0.05) is 35.5 Å². The van der Waals surface area contributed by atoms with E-state index in [4.69, 9.17) is 11.6 Å². The van der Waals surface area contributed by atoms with Crippen LogP contribution in [0.1, 0.15) is 0 Å². The zero-order chi connectivity index (χ0) is 19.8. The van der Waals surface area contributed by atoms with E-state index in [0.29, 0.717) is 6.54 Å². The third kappa shape index (κ3) is 6.79. The van der Waals surface area contributed by atoms with E-state index < -0.39 is 0 Å². The number of likely N-dealkylation sites (N-methyl/N-ethyl adjacent to an activating group) is 1. The number of nitrogens with zero attached hydrogens (tertiary/aromatic N) is 2. The molecule has 150 valence electrons. The Morgan fingerprint density at radius 1 is 1.18 bits per heavy atom. The predicted molar refractivity (Wildman–Crippen MR) is 117 cm³/mol. The summed E-state index contributed by atoms with van der Waals surface area (Å²) < 4.78 is 0. The van der Waals surface area contributed by atoms with Gasteiger partial charge in [0.2, 0.25) is 5.91 Å². The topological polar surface area (TPSA) is 47.6 Å². The van der Waals surface area contributed by atoms with Gasteiger partial charge in [-0.25, -0.2) is 0 Å². The Morgan fingerprint density at radius 2 is 1.89 bits per heavy atom. The summed E-state index contributed by atoms with van der Waals surface area (Å²) in [7, 11) is 2.00. The summed E-state index contributed by atoms with van der Waals surface area (Å²) in [5.74, 6) is 0.00645. The summed E-state index contributed by atoms with van der Waals surface area (Å²) in [6, 6.07) is 15.6. The fraction of sp³-hybridized carbons (Fsp3) is 0.381. The molecule has 1 fully saturated rings. The fourth-order valence-electron chi connectivity index (χ4n) is 3.05. The number of hydrogen-bond acceptors (Lipinski definition) is 5. The number of amides is 1. The third-order valence-corrected chi connectivity index (χ3v) is 5.96. The van der Waals surface area contributed by atoms with Gasteiger partial charge in [0.1, 0.15) is 0 Å². The van der Waals surface area contributed by atoms with Crippen LogP contribution in [-0.4, -0.2) is 68.6 Å². The zero-order valence-corrected chi connectivity index (χ0v) is 17.7. The van der Waals surface area contributed by atoms with E-state index >= 15 is 0 Å². The van der Waals surface area contributed by atoms with Crippen molar-refractivity contribution in [3.63, 3.8) is 0 Å². The van der Waals surface area contributed by atoms with Crippen LogP contribution in [0.3, 0.4) is 0 Å². The van der Waals surface area contributed by atoms with Crippen molar-refractivity contribution in [2.45, 2.75) is 9.79 Å². The summed E-state index contributed by atoms with van der Waals surface area (Å²) in [6.45, 7) is 6.51. The van der Waals surface area contributed by atoms with Crippen molar-refractivity contribution in [1.29, 1.82) is 0 Å². The van der Waals surface area contributed by atoms with Crippen LogP contribution in [0.25, 0.3) is 0 Å². The van der Waals surface area contributed by atoms with Crippen molar-refractivity contribution in [3.8, 4) is 0 Å². The van der Waals surface area contributed by atoms with Gasteiger partial charge in [0.15, 0.2) is 0 Å². The highest BCUT2D eigenvalue weighted by atomic mass is 35.5. The molecule has 7 heteroatoms. The lowest BCUT2D eigenvalue weighted by molar-refractivity contribution is -0.117. The zero-order valence-electron chi connectivity index (χ0n) is 16.2. The molecule has 1 saturated heterocycles. The van der Waals surface area contributed by atoms with Gasteiger partial charge in [-0.3, -0.25) is 14.6 Å². The number of benzene rings is 2. The molecular formula is C21H27ClN4OS. The van der Waals surface area contributed by atoms with Crippen LogP contribution in [-0.2, 0) is 4.79 Å². The largest absolute Gasteiger partial charge is 0.324 e. The molecule has 0 aliphatic carbocycles. The molecule has 1 heterocycles. The molecule has 0 spiro atoms. The van der Waals surface area contributed by atoms with Crippen molar-refractivity contribution < 1.29 is 4.79 Å². The first-order valence-electron chi connectivity index (χ1n) is 9.54. The van der Waals surface area contributed by atoms with Gasteiger partial charge >= 0.3 is 0 Å². The van der Waals surface area contributed by atoms with Gasteiger partial charge in [0.25, 0.3) is 0 Å². The minimum Gasteiger partial charge on any atom is -0.324 e.